The van der Waals surface area contributed by atoms with Crippen LogP contribution in [-0.4, -0.2) is 4.98 Å². The van der Waals surface area contributed by atoms with Crippen LogP contribution in [0.15, 0.2) is 30.3 Å². The number of nitrogens with one attached hydrogen (secondary N) is 1. The summed E-state index contributed by atoms with van der Waals surface area (Å²) >= 11 is 1.65. The van der Waals surface area contributed by atoms with Crippen LogP contribution in [0.25, 0.3) is 10.2 Å². The van der Waals surface area contributed by atoms with Crippen LogP contribution in [0.2, 0.25) is 0 Å². The first-order valence-electron chi connectivity index (χ1n) is 6.89. The first-order chi connectivity index (χ1) is 10.0. The van der Waals surface area contributed by atoms with Crippen molar-refractivity contribution in [3.63, 3.8) is 0 Å². The number of rotatable bonds is 3. The molecule has 0 amide bonds. The molecule has 0 aliphatic rings. The van der Waals surface area contributed by atoms with Crippen LogP contribution in [0.5, 0.6) is 0 Å². The molecule has 0 saturated heterocycles. The summed E-state index contributed by atoms with van der Waals surface area (Å²) in [5, 5.41) is 4.23. The van der Waals surface area contributed by atoms with E-state index < -0.39 is 0 Å². The lowest BCUT2D eigenvalue weighted by molar-refractivity contribution is 0.608. The first-order valence-corrected chi connectivity index (χ1v) is 7.71. The first kappa shape index (κ1) is 14.0. The Bertz CT molecular complexity index is 785. The van der Waals surface area contributed by atoms with E-state index in [2.05, 4.69) is 29.4 Å². The Morgan fingerprint density at radius 2 is 1.81 bits per heavy atom. The molecule has 2 aromatic carbocycles. The molecule has 1 N–H and O–H groups in total. The Labute approximate surface area is 127 Å². The van der Waals surface area contributed by atoms with Crippen LogP contribution in [0, 0.1) is 26.6 Å². The summed E-state index contributed by atoms with van der Waals surface area (Å²) in [5.41, 5.74) is 4.70. The minimum absolute atomic E-state index is 0.116. The third-order valence-corrected chi connectivity index (χ3v) is 4.46. The van der Waals surface area contributed by atoms with E-state index in [0.717, 1.165) is 16.2 Å². The molecule has 0 radical (unpaired) electrons. The summed E-state index contributed by atoms with van der Waals surface area (Å²) in [6, 6.07) is 10.0. The van der Waals surface area contributed by atoms with Gasteiger partial charge in [0.25, 0.3) is 0 Å². The van der Waals surface area contributed by atoms with Crippen molar-refractivity contribution in [3.8, 4) is 0 Å². The fraction of sp³-hybridized carbons (Fsp3) is 0.235. The molecule has 0 fully saturated rings. The molecule has 0 aliphatic heterocycles. The molecule has 0 bridgehead atoms. The predicted molar refractivity (Wildman–Crippen MR) is 87.6 cm³/mol. The number of aromatic nitrogens is 1. The van der Waals surface area contributed by atoms with E-state index >= 15 is 0 Å². The lowest BCUT2D eigenvalue weighted by Crippen LogP contribution is -2.01. The van der Waals surface area contributed by atoms with Gasteiger partial charge in [0.1, 0.15) is 5.82 Å². The van der Waals surface area contributed by atoms with Crippen molar-refractivity contribution in [2.24, 2.45) is 0 Å². The third-order valence-electron chi connectivity index (χ3n) is 3.48. The molecule has 21 heavy (non-hydrogen) atoms. The van der Waals surface area contributed by atoms with Gasteiger partial charge in [0, 0.05) is 6.54 Å². The van der Waals surface area contributed by atoms with Gasteiger partial charge in [-0.25, -0.2) is 9.37 Å². The number of nitrogens with zero attached hydrogens (tertiary/aromatic N) is 1. The Kier molecular flexibility index (Phi) is 3.64. The zero-order valence-corrected chi connectivity index (χ0v) is 13.1. The van der Waals surface area contributed by atoms with E-state index in [9.17, 15) is 4.39 Å². The molecular weight excluding hydrogens is 283 g/mol. The Morgan fingerprint density at radius 3 is 2.52 bits per heavy atom. The second-order valence-electron chi connectivity index (χ2n) is 5.39. The molecule has 4 heteroatoms. The lowest BCUT2D eigenvalue weighted by Gasteiger charge is -2.07. The van der Waals surface area contributed by atoms with Crippen LogP contribution in [0.1, 0.15) is 22.3 Å². The van der Waals surface area contributed by atoms with Crippen molar-refractivity contribution in [1.82, 2.24) is 4.98 Å². The van der Waals surface area contributed by atoms with Gasteiger partial charge < -0.3 is 5.32 Å². The van der Waals surface area contributed by atoms with Crippen LogP contribution in [0.4, 0.5) is 9.52 Å². The quantitative estimate of drug-likeness (QED) is 0.738. The fourth-order valence-electron chi connectivity index (χ4n) is 2.42. The van der Waals surface area contributed by atoms with Crippen molar-refractivity contribution >= 4 is 26.7 Å². The summed E-state index contributed by atoms with van der Waals surface area (Å²) in [6.45, 7) is 6.33. The van der Waals surface area contributed by atoms with Crippen LogP contribution in [0.3, 0.4) is 0 Å². The number of fused-ring (bicyclic) bond motifs is 1. The topological polar surface area (TPSA) is 24.9 Å². The largest absolute Gasteiger partial charge is 0.357 e. The Hall–Kier alpha value is -1.94. The average Bonchev–Trinajstić information content (AvgIpc) is 2.84. The van der Waals surface area contributed by atoms with Gasteiger partial charge in [0.05, 0.1) is 10.2 Å². The van der Waals surface area contributed by atoms with Gasteiger partial charge in [-0.15, -0.1) is 0 Å². The van der Waals surface area contributed by atoms with Gasteiger partial charge in [0.2, 0.25) is 0 Å². The van der Waals surface area contributed by atoms with Gasteiger partial charge in [0.15, 0.2) is 5.13 Å². The van der Waals surface area contributed by atoms with Crippen LogP contribution in [-0.2, 0) is 6.54 Å². The highest BCUT2D eigenvalue weighted by molar-refractivity contribution is 7.22. The van der Waals surface area contributed by atoms with E-state index in [1.807, 2.05) is 18.2 Å². The van der Waals surface area contributed by atoms with Crippen molar-refractivity contribution in [1.29, 1.82) is 0 Å². The molecule has 0 atom stereocenters. The fourth-order valence-corrected chi connectivity index (χ4v) is 3.38. The maximum absolute atomic E-state index is 13.6. The standard InChI is InChI=1S/C17H17FN2S/c1-10-4-5-14-15(6-10)21-17(20-14)19-9-13-7-11(2)16(18)12(3)8-13/h4-8H,9H2,1-3H3,(H,19,20). The van der Waals surface area contributed by atoms with E-state index in [0.29, 0.717) is 17.7 Å². The maximum Gasteiger partial charge on any atom is 0.184 e. The average molecular weight is 300 g/mol. The second kappa shape index (κ2) is 5.45. The summed E-state index contributed by atoms with van der Waals surface area (Å²) in [5.74, 6) is -0.116. The molecule has 0 unspecified atom stereocenters. The molecule has 2 nitrogen and oxygen atoms in total. The smallest absolute Gasteiger partial charge is 0.184 e. The molecule has 3 rings (SSSR count). The number of thiazole rings is 1. The predicted octanol–water partition coefficient (Wildman–Crippen LogP) is 4.97. The maximum atomic E-state index is 13.6. The van der Waals surface area contributed by atoms with Crippen molar-refractivity contribution < 1.29 is 4.39 Å². The summed E-state index contributed by atoms with van der Waals surface area (Å²) in [7, 11) is 0. The molecule has 1 heterocycles. The van der Waals surface area contributed by atoms with E-state index in [4.69, 9.17) is 0 Å². The summed E-state index contributed by atoms with van der Waals surface area (Å²) in [4.78, 5) is 4.56. The van der Waals surface area contributed by atoms with Gasteiger partial charge in [-0.05, 0) is 55.2 Å². The SMILES string of the molecule is Cc1ccc2nc(NCc3cc(C)c(F)c(C)c3)sc2c1. The highest BCUT2D eigenvalue weighted by Crippen LogP contribution is 2.27. The van der Waals surface area contributed by atoms with Gasteiger partial charge >= 0.3 is 0 Å². The van der Waals surface area contributed by atoms with E-state index in [1.54, 1.807) is 25.2 Å². The minimum atomic E-state index is -0.116. The number of halogens is 1. The van der Waals surface area contributed by atoms with Crippen molar-refractivity contribution in [2.45, 2.75) is 27.3 Å². The van der Waals surface area contributed by atoms with Crippen LogP contribution < -0.4 is 5.32 Å². The zero-order valence-electron chi connectivity index (χ0n) is 12.3. The van der Waals surface area contributed by atoms with Crippen molar-refractivity contribution in [3.05, 3.63) is 58.4 Å². The van der Waals surface area contributed by atoms with Crippen LogP contribution >= 0.6 is 11.3 Å². The molecule has 0 aliphatic carbocycles. The monoisotopic (exact) mass is 300 g/mol. The second-order valence-corrected chi connectivity index (χ2v) is 6.42. The van der Waals surface area contributed by atoms with Gasteiger partial charge in [-0.2, -0.15) is 0 Å². The molecule has 3 aromatic rings. The third kappa shape index (κ3) is 2.90. The van der Waals surface area contributed by atoms with Gasteiger partial charge in [-0.3, -0.25) is 0 Å². The zero-order chi connectivity index (χ0) is 15.0. The molecule has 0 spiro atoms. The van der Waals surface area contributed by atoms with E-state index in [-0.39, 0.29) is 5.82 Å². The number of benzene rings is 2. The Balaban J connectivity index is 1.80. The molecule has 1 aromatic heterocycles. The number of hydrogen-bond acceptors (Lipinski definition) is 3. The van der Waals surface area contributed by atoms with E-state index in [1.165, 1.54) is 10.3 Å². The number of anilines is 1. The highest BCUT2D eigenvalue weighted by atomic mass is 32.1. The minimum Gasteiger partial charge on any atom is -0.357 e. The normalized spacial score (nSPS) is 11.0. The number of aryl methyl sites for hydroxylation is 3. The van der Waals surface area contributed by atoms with Crippen molar-refractivity contribution in [2.75, 3.05) is 5.32 Å². The van der Waals surface area contributed by atoms with Gasteiger partial charge in [-0.1, -0.05) is 29.5 Å². The molecule has 108 valence electrons. The molecule has 0 saturated carbocycles. The summed E-state index contributed by atoms with van der Waals surface area (Å²) in [6.07, 6.45) is 0. The summed E-state index contributed by atoms with van der Waals surface area (Å²) < 4.78 is 14.8. The lowest BCUT2D eigenvalue weighted by atomic mass is 10.1. The highest BCUT2D eigenvalue weighted by Gasteiger charge is 2.06. The number of hydrogen-bond donors (Lipinski definition) is 1. The Morgan fingerprint density at radius 1 is 1.10 bits per heavy atom. The molecular formula is C17H17FN2S.